The van der Waals surface area contributed by atoms with E-state index in [1.807, 2.05) is 0 Å². The molecule has 158 valence electrons. The quantitative estimate of drug-likeness (QED) is 0.408. The van der Waals surface area contributed by atoms with Gasteiger partial charge in [-0.25, -0.2) is 17.9 Å². The smallest absolute Gasteiger partial charge is 0.339 e. The van der Waals surface area contributed by atoms with Crippen LogP contribution in [0.2, 0.25) is 0 Å². The summed E-state index contributed by atoms with van der Waals surface area (Å²) in [7, 11) is -9.22. The maximum absolute atomic E-state index is 13.2. The fourth-order valence-corrected chi connectivity index (χ4v) is 4.68. The molecule has 0 bridgehead atoms. The van der Waals surface area contributed by atoms with Crippen molar-refractivity contribution in [3.63, 3.8) is 0 Å². The number of sulfone groups is 1. The highest BCUT2D eigenvalue weighted by molar-refractivity contribution is 7.91. The van der Waals surface area contributed by atoms with Crippen molar-refractivity contribution in [2.24, 2.45) is 0 Å². The highest BCUT2D eigenvalue weighted by Crippen LogP contribution is 2.30. The van der Waals surface area contributed by atoms with Crippen molar-refractivity contribution in [2.45, 2.75) is 21.6 Å². The van der Waals surface area contributed by atoms with Crippen LogP contribution in [-0.2, 0) is 20.0 Å². The number of aromatic amines is 1. The Morgan fingerprint density at radius 1 is 1.00 bits per heavy atom. The Kier molecular flexibility index (Phi) is 5.06. The summed E-state index contributed by atoms with van der Waals surface area (Å²) in [5.41, 5.74) is -1.43. The van der Waals surface area contributed by atoms with Gasteiger partial charge in [-0.3, -0.25) is 14.4 Å². The molecule has 3 rings (SSSR count). The van der Waals surface area contributed by atoms with E-state index in [1.165, 1.54) is 6.92 Å². The molecular weight excluding hydrogens is 440 g/mol. The van der Waals surface area contributed by atoms with Gasteiger partial charge in [-0.15, -0.1) is 0 Å². The number of aromatic nitrogens is 2. The number of aromatic carboxylic acids is 1. The highest BCUT2D eigenvalue weighted by Gasteiger charge is 2.27. The Morgan fingerprint density at radius 3 is 2.17 bits per heavy atom. The average molecular weight is 454 g/mol. The molecule has 0 aliphatic carbocycles. The van der Waals surface area contributed by atoms with Crippen LogP contribution in [0.4, 0.5) is 0 Å². The number of aromatic hydroxyl groups is 1. The zero-order chi connectivity index (χ0) is 22.4. The molecule has 0 radical (unpaired) electrons. The summed E-state index contributed by atoms with van der Waals surface area (Å²) in [5.74, 6) is -2.22. The number of hydrogen-bond acceptors (Lipinski definition) is 7. The zero-order valence-electron chi connectivity index (χ0n) is 15.1. The monoisotopic (exact) mass is 454 g/mol. The molecule has 0 aliphatic rings. The number of aryl methyl sites for hydroxylation is 1. The molecule has 0 fully saturated rings. The summed E-state index contributed by atoms with van der Waals surface area (Å²) < 4.78 is 59.5. The van der Waals surface area contributed by atoms with Gasteiger partial charge < -0.3 is 10.2 Å². The Morgan fingerprint density at radius 2 is 1.63 bits per heavy atom. The molecule has 0 aliphatic heterocycles. The van der Waals surface area contributed by atoms with Crippen molar-refractivity contribution in [1.29, 1.82) is 0 Å². The molecule has 0 amide bonds. The fourth-order valence-electron chi connectivity index (χ4n) is 2.73. The topological polar surface area (TPSA) is 184 Å². The number of nitrogens with one attached hydrogen (secondary N) is 1. The lowest BCUT2D eigenvalue weighted by Crippen LogP contribution is -2.18. The van der Waals surface area contributed by atoms with Crippen molar-refractivity contribution >= 4 is 25.9 Å². The van der Waals surface area contributed by atoms with Crippen LogP contribution in [0.3, 0.4) is 0 Å². The van der Waals surface area contributed by atoms with Gasteiger partial charge in [0.2, 0.25) is 9.84 Å². The summed E-state index contributed by atoms with van der Waals surface area (Å²) in [4.78, 5) is 21.7. The molecule has 1 aromatic heterocycles. The summed E-state index contributed by atoms with van der Waals surface area (Å²) in [5, 5.41) is 21.3. The van der Waals surface area contributed by atoms with E-state index in [-0.39, 0.29) is 0 Å². The summed E-state index contributed by atoms with van der Waals surface area (Å²) >= 11 is 0. The van der Waals surface area contributed by atoms with Crippen LogP contribution >= 0.6 is 0 Å². The van der Waals surface area contributed by atoms with E-state index in [0.29, 0.717) is 5.69 Å². The molecule has 30 heavy (non-hydrogen) atoms. The van der Waals surface area contributed by atoms with Gasteiger partial charge in [0, 0.05) is 11.8 Å². The van der Waals surface area contributed by atoms with E-state index in [4.69, 9.17) is 5.11 Å². The molecule has 0 spiro atoms. The van der Waals surface area contributed by atoms with Crippen LogP contribution < -0.4 is 5.56 Å². The number of carboxylic acids is 1. The zero-order valence-corrected chi connectivity index (χ0v) is 16.7. The van der Waals surface area contributed by atoms with Gasteiger partial charge in [0.25, 0.3) is 15.7 Å². The molecule has 0 unspecified atom stereocenters. The number of carbonyl (C=O) groups is 1. The van der Waals surface area contributed by atoms with E-state index in [9.17, 15) is 36.1 Å². The van der Waals surface area contributed by atoms with Gasteiger partial charge in [0.1, 0.15) is 11.3 Å². The Bertz CT molecular complexity index is 1450. The number of phenols is 1. The van der Waals surface area contributed by atoms with Gasteiger partial charge in [-0.2, -0.15) is 8.42 Å². The number of carboxylic acid groups (broad SMARTS) is 1. The Balaban J connectivity index is 2.35. The second-order valence-electron chi connectivity index (χ2n) is 6.20. The number of hydrogen-bond donors (Lipinski definition) is 4. The molecule has 3 aromatic rings. The highest BCUT2D eigenvalue weighted by atomic mass is 32.2. The van der Waals surface area contributed by atoms with Crippen molar-refractivity contribution in [3.05, 3.63) is 64.1 Å². The lowest BCUT2D eigenvalue weighted by atomic mass is 10.2. The van der Waals surface area contributed by atoms with Gasteiger partial charge in [0.15, 0.2) is 0 Å². The predicted octanol–water partition coefficient (Wildman–Crippen LogP) is 0.957. The number of benzene rings is 2. The van der Waals surface area contributed by atoms with Crippen LogP contribution in [-0.4, -0.2) is 47.4 Å². The minimum absolute atomic E-state index is 0.346. The van der Waals surface area contributed by atoms with Gasteiger partial charge in [-0.1, -0.05) is 0 Å². The first-order valence-electron chi connectivity index (χ1n) is 8.04. The standard InChI is InChI=1S/C17H14N2O9S2/c1-9-6-16(21)19(18-9)13-8-11(30(26,27)28)3-5-15(13)29(24,25)10-2-4-14(20)12(7-10)17(22)23/h2-8,18,20H,1H3,(H,22,23)(H,26,27,28). The second-order valence-corrected chi connectivity index (χ2v) is 9.54. The van der Waals surface area contributed by atoms with E-state index < -0.39 is 63.2 Å². The fraction of sp³-hybridized carbons (Fsp3) is 0.0588. The van der Waals surface area contributed by atoms with Crippen LogP contribution in [0.5, 0.6) is 5.75 Å². The van der Waals surface area contributed by atoms with Crippen molar-refractivity contribution in [2.75, 3.05) is 0 Å². The van der Waals surface area contributed by atoms with E-state index >= 15 is 0 Å². The summed E-state index contributed by atoms with van der Waals surface area (Å²) in [6.07, 6.45) is 0. The molecular formula is C17H14N2O9S2. The Hall–Kier alpha value is -3.42. The largest absolute Gasteiger partial charge is 0.507 e. The van der Waals surface area contributed by atoms with Crippen LogP contribution in [0.25, 0.3) is 5.69 Å². The molecule has 0 saturated heterocycles. The van der Waals surface area contributed by atoms with Gasteiger partial charge in [-0.05, 0) is 43.3 Å². The minimum Gasteiger partial charge on any atom is -0.507 e. The van der Waals surface area contributed by atoms with Crippen molar-refractivity contribution in [3.8, 4) is 11.4 Å². The lowest BCUT2D eigenvalue weighted by molar-refractivity contribution is 0.0693. The summed E-state index contributed by atoms with van der Waals surface area (Å²) in [6, 6.07) is 6.19. The second kappa shape index (κ2) is 7.12. The molecule has 0 saturated carbocycles. The summed E-state index contributed by atoms with van der Waals surface area (Å²) in [6.45, 7) is 1.51. The number of nitrogens with zero attached hydrogens (tertiary/aromatic N) is 1. The third-order valence-corrected chi connectivity index (χ3v) is 6.76. The number of H-pyrrole nitrogens is 1. The lowest BCUT2D eigenvalue weighted by Gasteiger charge is -2.13. The minimum atomic E-state index is -4.72. The maximum Gasteiger partial charge on any atom is 0.339 e. The average Bonchev–Trinajstić information content (AvgIpc) is 2.98. The molecule has 0 atom stereocenters. The van der Waals surface area contributed by atoms with E-state index in [2.05, 4.69) is 5.10 Å². The Labute approximate surface area is 169 Å². The number of rotatable bonds is 5. The van der Waals surface area contributed by atoms with E-state index in [1.54, 1.807) is 0 Å². The first-order chi connectivity index (χ1) is 13.8. The normalized spacial score (nSPS) is 12.1. The predicted molar refractivity (Wildman–Crippen MR) is 101 cm³/mol. The van der Waals surface area contributed by atoms with Crippen LogP contribution in [0.15, 0.2) is 61.9 Å². The van der Waals surface area contributed by atoms with Gasteiger partial charge >= 0.3 is 5.97 Å². The third kappa shape index (κ3) is 3.72. The van der Waals surface area contributed by atoms with Gasteiger partial charge in [0.05, 0.1) is 20.4 Å². The SMILES string of the molecule is Cc1cc(=O)n(-c2cc(S(=O)(=O)O)ccc2S(=O)(=O)c2ccc(O)c(C(=O)O)c2)[nH]1. The van der Waals surface area contributed by atoms with Crippen LogP contribution in [0.1, 0.15) is 16.1 Å². The van der Waals surface area contributed by atoms with Crippen LogP contribution in [0, 0.1) is 6.92 Å². The first kappa shape index (κ1) is 21.3. The van der Waals surface area contributed by atoms with E-state index in [0.717, 1.165) is 47.1 Å². The molecule has 1 heterocycles. The van der Waals surface area contributed by atoms with Crippen molar-refractivity contribution < 1.29 is 36.4 Å². The molecule has 11 nitrogen and oxygen atoms in total. The molecule has 4 N–H and O–H groups in total. The van der Waals surface area contributed by atoms with Crippen molar-refractivity contribution in [1.82, 2.24) is 9.78 Å². The molecule has 2 aromatic carbocycles. The maximum atomic E-state index is 13.2. The first-order valence-corrected chi connectivity index (χ1v) is 11.0. The molecule has 13 heteroatoms. The third-order valence-electron chi connectivity index (χ3n) is 4.12.